The number of nitrogens with one attached hydrogen (secondary N) is 2. The van der Waals surface area contributed by atoms with E-state index >= 15 is 0 Å². The molecular weight excluding hydrogens is 304 g/mol. The monoisotopic (exact) mass is 322 g/mol. The van der Waals surface area contributed by atoms with E-state index in [0.717, 1.165) is 5.82 Å². The fourth-order valence-corrected chi connectivity index (χ4v) is 2.87. The van der Waals surface area contributed by atoms with E-state index in [1.54, 1.807) is 6.20 Å². The molecule has 0 radical (unpaired) electrons. The third-order valence-corrected chi connectivity index (χ3v) is 4.28. The lowest BCUT2D eigenvalue weighted by atomic mass is 10.2. The van der Waals surface area contributed by atoms with Gasteiger partial charge in [-0.2, -0.15) is 5.10 Å². The number of nitrogens with zero attached hydrogens (tertiary/aromatic N) is 4. The van der Waals surface area contributed by atoms with Gasteiger partial charge in [-0.15, -0.1) is 11.3 Å². The van der Waals surface area contributed by atoms with Crippen LogP contribution in [0.4, 0.5) is 5.13 Å². The zero-order chi connectivity index (χ0) is 15.5. The summed E-state index contributed by atoms with van der Waals surface area (Å²) in [6, 6.07) is -0.268. The molecule has 118 valence electrons. The smallest absolute Gasteiger partial charge is 0.243 e. The predicted octanol–water partition coefficient (Wildman–Crippen LogP) is 0.970. The van der Waals surface area contributed by atoms with Crippen molar-refractivity contribution in [3.8, 4) is 0 Å². The van der Waals surface area contributed by atoms with E-state index in [4.69, 9.17) is 4.74 Å². The molecule has 0 saturated carbocycles. The van der Waals surface area contributed by atoms with Crippen molar-refractivity contribution in [3.05, 3.63) is 23.2 Å². The van der Waals surface area contributed by atoms with E-state index in [2.05, 4.69) is 30.4 Å². The molecule has 1 aliphatic rings. The number of aromatic nitrogens is 4. The molecule has 2 aromatic heterocycles. The van der Waals surface area contributed by atoms with Crippen molar-refractivity contribution in [1.29, 1.82) is 0 Å². The summed E-state index contributed by atoms with van der Waals surface area (Å²) in [4.78, 5) is 22.7. The average molecular weight is 322 g/mol. The molecule has 0 spiro atoms. The molecule has 1 amide bonds. The van der Waals surface area contributed by atoms with Crippen LogP contribution in [0.1, 0.15) is 24.7 Å². The average Bonchev–Trinajstić information content (AvgIpc) is 3.18. The van der Waals surface area contributed by atoms with E-state index in [1.807, 2.05) is 19.2 Å². The minimum atomic E-state index is -0.268. The Bertz CT molecular complexity index is 628. The van der Waals surface area contributed by atoms with Gasteiger partial charge in [0.2, 0.25) is 5.91 Å². The van der Waals surface area contributed by atoms with Gasteiger partial charge < -0.3 is 10.1 Å². The van der Waals surface area contributed by atoms with Crippen molar-refractivity contribution in [2.45, 2.75) is 26.0 Å². The Morgan fingerprint density at radius 2 is 2.50 bits per heavy atom. The lowest BCUT2D eigenvalue weighted by Crippen LogP contribution is -2.48. The largest absolute Gasteiger partial charge is 0.367 e. The molecule has 0 aliphatic carbocycles. The first-order valence-corrected chi connectivity index (χ1v) is 7.96. The van der Waals surface area contributed by atoms with Gasteiger partial charge in [-0.25, -0.2) is 9.97 Å². The van der Waals surface area contributed by atoms with Gasteiger partial charge in [0, 0.05) is 24.7 Å². The summed E-state index contributed by atoms with van der Waals surface area (Å²) in [5, 5.41) is 12.2. The Balaban J connectivity index is 1.62. The second-order valence-electron chi connectivity index (χ2n) is 5.14. The van der Waals surface area contributed by atoms with Gasteiger partial charge in [-0.3, -0.25) is 14.8 Å². The molecule has 3 heterocycles. The van der Waals surface area contributed by atoms with E-state index in [0.29, 0.717) is 30.7 Å². The van der Waals surface area contributed by atoms with Crippen LogP contribution in [-0.2, 0) is 9.53 Å². The minimum absolute atomic E-state index is 0.0678. The number of amides is 1. The quantitative estimate of drug-likeness (QED) is 0.871. The molecule has 1 fully saturated rings. The molecule has 9 heteroatoms. The molecule has 22 heavy (non-hydrogen) atoms. The number of carbonyl (C=O) groups is 1. The van der Waals surface area contributed by atoms with Gasteiger partial charge in [0.25, 0.3) is 0 Å². The van der Waals surface area contributed by atoms with Crippen LogP contribution in [0.2, 0.25) is 0 Å². The van der Waals surface area contributed by atoms with Gasteiger partial charge in [-0.1, -0.05) is 0 Å². The molecule has 1 aliphatic heterocycles. The van der Waals surface area contributed by atoms with Gasteiger partial charge in [0.1, 0.15) is 11.9 Å². The maximum atomic E-state index is 12.3. The molecule has 2 atom stereocenters. The molecule has 3 rings (SSSR count). The number of aryl methyl sites for hydroxylation is 1. The number of aromatic amines is 1. The predicted molar refractivity (Wildman–Crippen MR) is 81.6 cm³/mol. The van der Waals surface area contributed by atoms with Gasteiger partial charge in [0.15, 0.2) is 11.0 Å². The molecule has 0 aromatic carbocycles. The number of rotatable bonds is 4. The molecule has 1 saturated heterocycles. The van der Waals surface area contributed by atoms with Crippen molar-refractivity contribution < 1.29 is 9.53 Å². The Hall–Kier alpha value is -1.84. The zero-order valence-electron chi connectivity index (χ0n) is 12.4. The summed E-state index contributed by atoms with van der Waals surface area (Å²) in [6.45, 7) is 5.57. The summed E-state index contributed by atoms with van der Waals surface area (Å²) in [5.41, 5.74) is 0. The van der Waals surface area contributed by atoms with Crippen LogP contribution in [-0.4, -0.2) is 56.7 Å². The minimum Gasteiger partial charge on any atom is -0.367 e. The lowest BCUT2D eigenvalue weighted by molar-refractivity contribution is -0.124. The van der Waals surface area contributed by atoms with Crippen LogP contribution in [0.5, 0.6) is 0 Å². The maximum Gasteiger partial charge on any atom is 0.243 e. The number of anilines is 1. The second kappa shape index (κ2) is 6.51. The SMILES string of the molecule is Cc1nc([C@@H]2CN([C@@H](C)C(=O)Nc3nccs3)CCO2)n[nH]1. The van der Waals surface area contributed by atoms with E-state index in [1.165, 1.54) is 11.3 Å². The van der Waals surface area contributed by atoms with Crippen molar-refractivity contribution in [1.82, 2.24) is 25.1 Å². The fourth-order valence-electron chi connectivity index (χ4n) is 2.34. The lowest BCUT2D eigenvalue weighted by Gasteiger charge is -2.34. The summed E-state index contributed by atoms with van der Waals surface area (Å²) in [5.74, 6) is 1.32. The number of H-pyrrole nitrogens is 1. The zero-order valence-corrected chi connectivity index (χ0v) is 13.3. The van der Waals surface area contributed by atoms with Crippen LogP contribution < -0.4 is 5.32 Å². The summed E-state index contributed by atoms with van der Waals surface area (Å²) >= 11 is 1.41. The van der Waals surface area contributed by atoms with Crippen molar-refractivity contribution in [3.63, 3.8) is 0 Å². The Labute approximate surface area is 131 Å². The maximum absolute atomic E-state index is 12.3. The normalized spacial score (nSPS) is 20.7. The molecule has 0 unspecified atom stereocenters. The molecule has 2 aromatic rings. The molecular formula is C13H18N6O2S. The summed E-state index contributed by atoms with van der Waals surface area (Å²) < 4.78 is 5.71. The molecule has 2 N–H and O–H groups in total. The van der Waals surface area contributed by atoms with Crippen LogP contribution in [0.3, 0.4) is 0 Å². The topological polar surface area (TPSA) is 96.0 Å². The van der Waals surface area contributed by atoms with E-state index < -0.39 is 0 Å². The highest BCUT2D eigenvalue weighted by Crippen LogP contribution is 2.21. The fraction of sp³-hybridized carbons (Fsp3) is 0.538. The molecule has 8 nitrogen and oxygen atoms in total. The number of morpholine rings is 1. The van der Waals surface area contributed by atoms with Gasteiger partial charge in [-0.05, 0) is 13.8 Å². The van der Waals surface area contributed by atoms with Crippen LogP contribution in [0, 0.1) is 6.92 Å². The first-order chi connectivity index (χ1) is 10.6. The van der Waals surface area contributed by atoms with Crippen molar-refractivity contribution in [2.24, 2.45) is 0 Å². The van der Waals surface area contributed by atoms with Gasteiger partial charge in [0.05, 0.1) is 12.6 Å². The van der Waals surface area contributed by atoms with Crippen molar-refractivity contribution in [2.75, 3.05) is 25.0 Å². The first-order valence-electron chi connectivity index (χ1n) is 7.08. The van der Waals surface area contributed by atoms with E-state index in [-0.39, 0.29) is 18.1 Å². The van der Waals surface area contributed by atoms with Crippen LogP contribution >= 0.6 is 11.3 Å². The third kappa shape index (κ3) is 3.32. The third-order valence-electron chi connectivity index (χ3n) is 3.59. The Morgan fingerprint density at radius 3 is 3.18 bits per heavy atom. The number of carbonyl (C=O) groups excluding carboxylic acids is 1. The highest BCUT2D eigenvalue weighted by molar-refractivity contribution is 7.13. The second-order valence-corrected chi connectivity index (χ2v) is 6.03. The Morgan fingerprint density at radius 1 is 1.64 bits per heavy atom. The van der Waals surface area contributed by atoms with Crippen molar-refractivity contribution >= 4 is 22.4 Å². The van der Waals surface area contributed by atoms with E-state index in [9.17, 15) is 4.79 Å². The summed E-state index contributed by atoms with van der Waals surface area (Å²) in [7, 11) is 0. The highest BCUT2D eigenvalue weighted by atomic mass is 32.1. The highest BCUT2D eigenvalue weighted by Gasteiger charge is 2.30. The Kier molecular flexibility index (Phi) is 4.46. The first kappa shape index (κ1) is 15.1. The van der Waals surface area contributed by atoms with Gasteiger partial charge >= 0.3 is 0 Å². The number of hydrogen-bond acceptors (Lipinski definition) is 7. The molecule has 0 bridgehead atoms. The summed E-state index contributed by atoms with van der Waals surface area (Å²) in [6.07, 6.45) is 1.45. The van der Waals surface area contributed by atoms with Crippen LogP contribution in [0.25, 0.3) is 0 Å². The number of ether oxygens (including phenoxy) is 1. The standard InChI is InChI=1S/C13H18N6O2S/c1-8(12(20)16-13-14-3-6-22-13)19-4-5-21-10(7-19)11-15-9(2)17-18-11/h3,6,8,10H,4-5,7H2,1-2H3,(H,14,16,20)(H,15,17,18)/t8-,10-/m0/s1. The number of thiazole rings is 1. The number of hydrogen-bond donors (Lipinski definition) is 2. The van der Waals surface area contributed by atoms with Crippen LogP contribution in [0.15, 0.2) is 11.6 Å².